The van der Waals surface area contributed by atoms with Crippen LogP contribution in [0, 0.1) is 0 Å². The summed E-state index contributed by atoms with van der Waals surface area (Å²) >= 11 is 0. The maximum absolute atomic E-state index is 12.9. The van der Waals surface area contributed by atoms with Gasteiger partial charge >= 0.3 is 17.9 Å². The summed E-state index contributed by atoms with van der Waals surface area (Å²) in [6.45, 7) is 6.49. The van der Waals surface area contributed by atoms with Crippen molar-refractivity contribution in [3.8, 4) is 0 Å². The lowest BCUT2D eigenvalue weighted by Crippen LogP contribution is -2.30. The van der Waals surface area contributed by atoms with Gasteiger partial charge in [-0.1, -0.05) is 273 Å². The molecule has 0 saturated carbocycles. The monoisotopic (exact) mass is 949 g/mol. The van der Waals surface area contributed by atoms with E-state index in [1.807, 2.05) is 18.2 Å². The molecule has 0 aromatic heterocycles. The zero-order valence-corrected chi connectivity index (χ0v) is 44.9. The molecular formula is C62H108O6. The first kappa shape index (κ1) is 64.8. The molecule has 0 spiro atoms. The summed E-state index contributed by atoms with van der Waals surface area (Å²) in [6.07, 6.45) is 71.7. The van der Waals surface area contributed by atoms with Crippen LogP contribution < -0.4 is 0 Å². The normalized spacial score (nSPS) is 12.6. The number of carbonyl (C=O) groups is 3. The quantitative estimate of drug-likeness (QED) is 0.0262. The lowest BCUT2D eigenvalue weighted by Gasteiger charge is -2.18. The van der Waals surface area contributed by atoms with Crippen molar-refractivity contribution in [1.29, 1.82) is 0 Å². The Hall–Kier alpha value is -3.15. The fourth-order valence-corrected chi connectivity index (χ4v) is 8.21. The third kappa shape index (κ3) is 53.8. The Balaban J connectivity index is 4.42. The third-order valence-electron chi connectivity index (χ3n) is 12.6. The van der Waals surface area contributed by atoms with Crippen molar-refractivity contribution < 1.29 is 28.6 Å². The Morgan fingerprint density at radius 2 is 0.574 bits per heavy atom. The molecular weight excluding hydrogens is 841 g/mol. The molecule has 0 radical (unpaired) electrons. The van der Waals surface area contributed by atoms with Gasteiger partial charge < -0.3 is 14.2 Å². The molecule has 392 valence electrons. The average Bonchev–Trinajstić information content (AvgIpc) is 3.34. The van der Waals surface area contributed by atoms with Gasteiger partial charge in [-0.3, -0.25) is 14.4 Å². The van der Waals surface area contributed by atoms with Crippen molar-refractivity contribution >= 4 is 17.9 Å². The van der Waals surface area contributed by atoms with Crippen LogP contribution in [-0.2, 0) is 28.6 Å². The maximum atomic E-state index is 12.9. The second-order valence-corrected chi connectivity index (χ2v) is 19.3. The summed E-state index contributed by atoms with van der Waals surface area (Å²) in [5.74, 6) is -0.915. The van der Waals surface area contributed by atoms with Crippen LogP contribution in [-0.4, -0.2) is 37.2 Å². The van der Waals surface area contributed by atoms with Gasteiger partial charge in [0.2, 0.25) is 0 Å². The highest BCUT2D eigenvalue weighted by molar-refractivity contribution is 5.71. The number of esters is 3. The standard InChI is InChI=1S/C62H108O6/c1-4-7-10-13-16-19-22-25-28-30-32-34-37-40-43-46-49-52-55-61(64)67-58-59(57-66-60(63)54-51-48-45-42-39-36-33-27-24-21-18-15-12-9-6-3)68-62(65)56-53-50-47-44-41-38-35-31-29-26-23-20-17-14-11-8-5-2/h9,12,15,18,21,24,27-28,30,32-34,59H,4-8,10-11,13-14,16-17,19-20,22-23,25-26,29,31,35-58H2,1-3H3/b12-9-,18-15-,24-21-,30-28-,33-27-,34-32-. The summed E-state index contributed by atoms with van der Waals surface area (Å²) < 4.78 is 16.9. The minimum absolute atomic E-state index is 0.0893. The van der Waals surface area contributed by atoms with Crippen molar-refractivity contribution in [1.82, 2.24) is 0 Å². The van der Waals surface area contributed by atoms with E-state index in [4.69, 9.17) is 14.2 Å². The van der Waals surface area contributed by atoms with Gasteiger partial charge in [-0.2, -0.15) is 0 Å². The molecule has 6 heteroatoms. The smallest absolute Gasteiger partial charge is 0.306 e. The molecule has 0 fully saturated rings. The fraction of sp³-hybridized carbons (Fsp3) is 0.758. The topological polar surface area (TPSA) is 78.9 Å². The summed E-state index contributed by atoms with van der Waals surface area (Å²) in [6, 6.07) is 0. The Bertz CT molecular complexity index is 1270. The zero-order valence-electron chi connectivity index (χ0n) is 44.9. The van der Waals surface area contributed by atoms with Gasteiger partial charge in [0.15, 0.2) is 6.10 Å². The van der Waals surface area contributed by atoms with E-state index in [1.165, 1.54) is 141 Å². The number of allylic oxidation sites excluding steroid dienone is 12. The number of unbranched alkanes of at least 4 members (excludes halogenated alkanes) is 33. The molecule has 0 aromatic rings. The van der Waals surface area contributed by atoms with Gasteiger partial charge in [-0.05, 0) is 64.2 Å². The zero-order chi connectivity index (χ0) is 49.3. The van der Waals surface area contributed by atoms with E-state index in [9.17, 15) is 14.4 Å². The SMILES string of the molecule is CC\C=C/C=C\C=C/C=C\CCCCCCCC(=O)OCC(COC(=O)CCCCCCC/C=C\C=C/CCCCCCCCC)OC(=O)CCCCCCCCCCCCCCCCCCC. The lowest BCUT2D eigenvalue weighted by atomic mass is 10.0. The Kier molecular flexibility index (Phi) is 53.8. The minimum atomic E-state index is -0.791. The summed E-state index contributed by atoms with van der Waals surface area (Å²) in [4.78, 5) is 38.2. The average molecular weight is 950 g/mol. The Labute approximate surface area is 421 Å². The first-order valence-corrected chi connectivity index (χ1v) is 29.0. The van der Waals surface area contributed by atoms with Crippen LogP contribution in [0.4, 0.5) is 0 Å². The van der Waals surface area contributed by atoms with Crippen molar-refractivity contribution in [3.05, 3.63) is 72.9 Å². The Morgan fingerprint density at radius 1 is 0.309 bits per heavy atom. The first-order valence-electron chi connectivity index (χ1n) is 29.0. The molecule has 0 saturated heterocycles. The third-order valence-corrected chi connectivity index (χ3v) is 12.6. The molecule has 0 amide bonds. The van der Waals surface area contributed by atoms with E-state index >= 15 is 0 Å². The molecule has 68 heavy (non-hydrogen) atoms. The van der Waals surface area contributed by atoms with Crippen LogP contribution in [0.2, 0.25) is 0 Å². The van der Waals surface area contributed by atoms with E-state index in [1.54, 1.807) is 0 Å². The van der Waals surface area contributed by atoms with Crippen molar-refractivity contribution in [2.24, 2.45) is 0 Å². The highest BCUT2D eigenvalue weighted by Gasteiger charge is 2.19. The van der Waals surface area contributed by atoms with Gasteiger partial charge in [0, 0.05) is 19.3 Å². The van der Waals surface area contributed by atoms with Crippen LogP contribution in [0.15, 0.2) is 72.9 Å². The van der Waals surface area contributed by atoms with E-state index in [0.717, 1.165) is 103 Å². The molecule has 0 heterocycles. The van der Waals surface area contributed by atoms with Crippen LogP contribution in [0.3, 0.4) is 0 Å². The summed E-state index contributed by atoms with van der Waals surface area (Å²) in [7, 11) is 0. The molecule has 0 bridgehead atoms. The minimum Gasteiger partial charge on any atom is -0.462 e. The van der Waals surface area contributed by atoms with Gasteiger partial charge in [-0.25, -0.2) is 0 Å². The van der Waals surface area contributed by atoms with E-state index < -0.39 is 6.10 Å². The molecule has 1 unspecified atom stereocenters. The van der Waals surface area contributed by atoms with Crippen LogP contribution in [0.1, 0.15) is 284 Å². The molecule has 1 atom stereocenters. The first-order chi connectivity index (χ1) is 33.5. The molecule has 0 aliphatic carbocycles. The largest absolute Gasteiger partial charge is 0.462 e. The molecule has 6 nitrogen and oxygen atoms in total. The van der Waals surface area contributed by atoms with Gasteiger partial charge in [0.25, 0.3) is 0 Å². The molecule has 0 aliphatic heterocycles. The second-order valence-electron chi connectivity index (χ2n) is 19.3. The van der Waals surface area contributed by atoms with Crippen molar-refractivity contribution in [2.75, 3.05) is 13.2 Å². The molecule has 0 aromatic carbocycles. The van der Waals surface area contributed by atoms with Crippen LogP contribution >= 0.6 is 0 Å². The van der Waals surface area contributed by atoms with E-state index in [-0.39, 0.29) is 31.1 Å². The molecule has 0 aliphatic rings. The van der Waals surface area contributed by atoms with Crippen molar-refractivity contribution in [2.45, 2.75) is 290 Å². The number of hydrogen-bond donors (Lipinski definition) is 0. The lowest BCUT2D eigenvalue weighted by molar-refractivity contribution is -0.167. The number of hydrogen-bond acceptors (Lipinski definition) is 6. The van der Waals surface area contributed by atoms with Gasteiger partial charge in [-0.15, -0.1) is 0 Å². The predicted molar refractivity (Wildman–Crippen MR) is 293 cm³/mol. The number of carbonyl (C=O) groups excluding carboxylic acids is 3. The van der Waals surface area contributed by atoms with Crippen LogP contribution in [0.25, 0.3) is 0 Å². The van der Waals surface area contributed by atoms with Gasteiger partial charge in [0.05, 0.1) is 0 Å². The van der Waals surface area contributed by atoms with E-state index in [0.29, 0.717) is 19.3 Å². The molecule has 0 rings (SSSR count). The van der Waals surface area contributed by atoms with Crippen LogP contribution in [0.5, 0.6) is 0 Å². The predicted octanol–water partition coefficient (Wildman–Crippen LogP) is 19.4. The highest BCUT2D eigenvalue weighted by Crippen LogP contribution is 2.16. The fourth-order valence-electron chi connectivity index (χ4n) is 8.21. The van der Waals surface area contributed by atoms with Crippen molar-refractivity contribution in [3.63, 3.8) is 0 Å². The highest BCUT2D eigenvalue weighted by atomic mass is 16.6. The Morgan fingerprint density at radius 3 is 0.912 bits per heavy atom. The molecule has 0 N–H and O–H groups in total. The maximum Gasteiger partial charge on any atom is 0.306 e. The van der Waals surface area contributed by atoms with E-state index in [2.05, 4.69) is 75.5 Å². The number of rotatable bonds is 52. The second kappa shape index (κ2) is 56.4. The van der Waals surface area contributed by atoms with Gasteiger partial charge in [0.1, 0.15) is 13.2 Å². The summed E-state index contributed by atoms with van der Waals surface area (Å²) in [5, 5.41) is 0. The number of ether oxygens (including phenoxy) is 3. The summed E-state index contributed by atoms with van der Waals surface area (Å²) in [5.41, 5.74) is 0.